The molecule has 0 radical (unpaired) electrons. The highest BCUT2D eigenvalue weighted by atomic mass is 19.1. The number of hydrogen-bond acceptors (Lipinski definition) is 8. The zero-order valence-corrected chi connectivity index (χ0v) is 26.3. The minimum Gasteiger partial charge on any atom is -0.444 e. The summed E-state index contributed by atoms with van der Waals surface area (Å²) in [5.74, 6) is 0.466. The molecular formula is C32H43FN6O5. The van der Waals surface area contributed by atoms with Crippen LogP contribution in [-0.2, 0) is 9.47 Å². The van der Waals surface area contributed by atoms with E-state index in [9.17, 15) is 19.1 Å². The summed E-state index contributed by atoms with van der Waals surface area (Å²) in [6.45, 7) is 11.7. The number of carbonyl (C=O) groups excluding carboxylic acids is 2. The predicted molar refractivity (Wildman–Crippen MR) is 165 cm³/mol. The van der Waals surface area contributed by atoms with Gasteiger partial charge in [-0.1, -0.05) is 12.5 Å². The molecule has 238 valence electrons. The number of aromatic nitrogens is 3. The smallest absolute Gasteiger partial charge is 0.420 e. The van der Waals surface area contributed by atoms with E-state index in [0.717, 1.165) is 24.8 Å². The number of aliphatic hydroxyl groups is 1. The van der Waals surface area contributed by atoms with E-state index in [0.29, 0.717) is 42.7 Å². The predicted octanol–water partition coefficient (Wildman–Crippen LogP) is 6.24. The molecule has 2 amide bonds. The highest BCUT2D eigenvalue weighted by Gasteiger charge is 2.34. The van der Waals surface area contributed by atoms with Gasteiger partial charge in [0, 0.05) is 30.6 Å². The van der Waals surface area contributed by atoms with Gasteiger partial charge in [-0.2, -0.15) is 9.61 Å². The van der Waals surface area contributed by atoms with Crippen LogP contribution in [0.15, 0.2) is 36.5 Å². The van der Waals surface area contributed by atoms with Crippen molar-refractivity contribution in [3.63, 3.8) is 0 Å². The standard InChI is InChI=1S/C32H43FN6O5/c1-31(2,3)43-29(41)37-14-13-21(25(40)19-37)17-34-26-16-27(39-28(36-26)24(18-35-39)20-9-7-10-20)38(30(42)44-32(4,5)6)23-12-8-11-22(33)15-23/h8,11-12,15-16,18,20-21,25,40H,7,9-10,13-14,17,19H2,1-6H3,(H,34,36)/t21-,25+/m1/s1. The molecule has 3 aromatic rings. The number of nitrogens with one attached hydrogen (secondary N) is 1. The number of hydrogen-bond donors (Lipinski definition) is 2. The molecule has 2 fully saturated rings. The topological polar surface area (TPSA) is 122 Å². The molecule has 2 aliphatic rings. The highest BCUT2D eigenvalue weighted by Crippen LogP contribution is 2.40. The normalized spacial score (nSPS) is 19.4. The van der Waals surface area contributed by atoms with Crippen LogP contribution in [-0.4, -0.2) is 73.7 Å². The molecule has 12 heteroatoms. The van der Waals surface area contributed by atoms with Crippen LogP contribution in [0.5, 0.6) is 0 Å². The number of fused-ring (bicyclic) bond motifs is 1. The number of nitrogens with zero attached hydrogens (tertiary/aromatic N) is 5. The van der Waals surface area contributed by atoms with Crippen LogP contribution in [0.4, 0.5) is 31.3 Å². The van der Waals surface area contributed by atoms with Crippen molar-refractivity contribution in [2.75, 3.05) is 29.9 Å². The number of halogens is 1. The molecule has 0 bridgehead atoms. The first-order chi connectivity index (χ1) is 20.7. The van der Waals surface area contributed by atoms with Crippen LogP contribution in [0, 0.1) is 11.7 Å². The lowest BCUT2D eigenvalue weighted by molar-refractivity contribution is -0.0104. The fraction of sp³-hybridized carbons (Fsp3) is 0.562. The second-order valence-electron chi connectivity index (χ2n) is 13.7. The lowest BCUT2D eigenvalue weighted by Crippen LogP contribution is -2.49. The zero-order chi connectivity index (χ0) is 31.8. The molecule has 1 saturated heterocycles. The lowest BCUT2D eigenvalue weighted by atomic mass is 9.81. The van der Waals surface area contributed by atoms with E-state index in [1.165, 1.54) is 28.0 Å². The molecule has 1 aliphatic heterocycles. The van der Waals surface area contributed by atoms with Crippen LogP contribution in [0.3, 0.4) is 0 Å². The van der Waals surface area contributed by atoms with E-state index in [1.54, 1.807) is 43.6 Å². The Kier molecular flexibility index (Phi) is 8.75. The van der Waals surface area contributed by atoms with Crippen LogP contribution >= 0.6 is 0 Å². The first kappa shape index (κ1) is 31.5. The van der Waals surface area contributed by atoms with Gasteiger partial charge in [0.15, 0.2) is 5.65 Å². The third kappa shape index (κ3) is 7.23. The number of amides is 2. The molecule has 2 N–H and O–H groups in total. The number of likely N-dealkylation sites (tertiary alicyclic amines) is 1. The van der Waals surface area contributed by atoms with Gasteiger partial charge in [0.2, 0.25) is 0 Å². The first-order valence-corrected chi connectivity index (χ1v) is 15.3. The summed E-state index contributed by atoms with van der Waals surface area (Å²) in [5.41, 5.74) is 0.438. The van der Waals surface area contributed by atoms with Crippen molar-refractivity contribution >= 4 is 35.2 Å². The van der Waals surface area contributed by atoms with Gasteiger partial charge in [-0.05, 0) is 84.9 Å². The van der Waals surface area contributed by atoms with Crippen molar-refractivity contribution in [2.24, 2.45) is 5.92 Å². The van der Waals surface area contributed by atoms with E-state index in [4.69, 9.17) is 14.5 Å². The Hall–Kier alpha value is -3.93. The summed E-state index contributed by atoms with van der Waals surface area (Å²) < 4.78 is 27.3. The maximum atomic E-state index is 14.4. The Balaban J connectivity index is 1.46. The summed E-state index contributed by atoms with van der Waals surface area (Å²) >= 11 is 0. The minimum absolute atomic E-state index is 0.156. The van der Waals surface area contributed by atoms with Gasteiger partial charge in [-0.25, -0.2) is 23.9 Å². The third-order valence-corrected chi connectivity index (χ3v) is 7.82. The van der Waals surface area contributed by atoms with Crippen molar-refractivity contribution in [2.45, 2.75) is 90.4 Å². The van der Waals surface area contributed by atoms with Gasteiger partial charge in [0.05, 0.1) is 24.5 Å². The largest absolute Gasteiger partial charge is 0.444 e. The van der Waals surface area contributed by atoms with Gasteiger partial charge in [0.1, 0.15) is 28.7 Å². The summed E-state index contributed by atoms with van der Waals surface area (Å²) in [5, 5.41) is 18.9. The van der Waals surface area contributed by atoms with E-state index < -0.39 is 35.3 Å². The van der Waals surface area contributed by atoms with Gasteiger partial charge < -0.3 is 24.8 Å². The summed E-state index contributed by atoms with van der Waals surface area (Å²) in [4.78, 5) is 33.9. The molecule has 0 unspecified atom stereocenters. The quantitative estimate of drug-likeness (QED) is 0.337. The van der Waals surface area contributed by atoms with E-state index in [1.807, 2.05) is 20.8 Å². The molecule has 44 heavy (non-hydrogen) atoms. The van der Waals surface area contributed by atoms with Crippen molar-refractivity contribution in [3.05, 3.63) is 47.9 Å². The number of ether oxygens (including phenoxy) is 2. The SMILES string of the molecule is CC(C)(C)OC(=O)N1CC[C@H](CNc2cc(N(C(=O)OC(C)(C)C)c3cccc(F)c3)n3ncc(C4CCC4)c3n2)[C@@H](O)C1. The summed E-state index contributed by atoms with van der Waals surface area (Å²) in [6, 6.07) is 7.44. The number of β-amino-alcohol motifs (C(OH)–C–C–N with tert-alkyl or cyclic N) is 1. The number of anilines is 3. The Bertz CT molecular complexity index is 1510. The number of piperidine rings is 1. The van der Waals surface area contributed by atoms with Crippen LogP contribution in [0.1, 0.15) is 78.7 Å². The second-order valence-corrected chi connectivity index (χ2v) is 13.7. The van der Waals surface area contributed by atoms with Gasteiger partial charge in [-0.3, -0.25) is 0 Å². The van der Waals surface area contributed by atoms with Gasteiger partial charge in [0.25, 0.3) is 0 Å². The Labute approximate surface area is 257 Å². The molecular weight excluding hydrogens is 567 g/mol. The second kappa shape index (κ2) is 12.2. The van der Waals surface area contributed by atoms with Crippen molar-refractivity contribution in [1.82, 2.24) is 19.5 Å². The molecule has 2 atom stereocenters. The fourth-order valence-electron chi connectivity index (χ4n) is 5.42. The average Bonchev–Trinajstić information content (AvgIpc) is 3.28. The summed E-state index contributed by atoms with van der Waals surface area (Å²) in [7, 11) is 0. The monoisotopic (exact) mass is 610 g/mol. The number of carbonyl (C=O) groups is 2. The number of benzene rings is 1. The van der Waals surface area contributed by atoms with Crippen molar-refractivity contribution < 1.29 is 28.6 Å². The molecule has 2 aromatic heterocycles. The van der Waals surface area contributed by atoms with Gasteiger partial charge >= 0.3 is 12.2 Å². The first-order valence-electron chi connectivity index (χ1n) is 15.3. The molecule has 1 aromatic carbocycles. The summed E-state index contributed by atoms with van der Waals surface area (Å²) in [6.07, 6.45) is 3.63. The lowest BCUT2D eigenvalue weighted by Gasteiger charge is -2.36. The average molecular weight is 611 g/mol. The fourth-order valence-corrected chi connectivity index (χ4v) is 5.42. The molecule has 1 aliphatic carbocycles. The maximum Gasteiger partial charge on any atom is 0.420 e. The Morgan fingerprint density at radius 2 is 1.82 bits per heavy atom. The van der Waals surface area contributed by atoms with E-state index >= 15 is 0 Å². The van der Waals surface area contributed by atoms with E-state index in [-0.39, 0.29) is 18.2 Å². The number of aliphatic hydroxyl groups excluding tert-OH is 1. The van der Waals surface area contributed by atoms with Crippen LogP contribution in [0.25, 0.3) is 5.65 Å². The van der Waals surface area contributed by atoms with Crippen molar-refractivity contribution in [3.8, 4) is 0 Å². The number of rotatable bonds is 6. The van der Waals surface area contributed by atoms with Crippen molar-refractivity contribution in [1.29, 1.82) is 0 Å². The third-order valence-electron chi connectivity index (χ3n) is 7.82. The van der Waals surface area contributed by atoms with Crippen LogP contribution in [0.2, 0.25) is 0 Å². The zero-order valence-electron chi connectivity index (χ0n) is 26.3. The van der Waals surface area contributed by atoms with Gasteiger partial charge in [-0.15, -0.1) is 0 Å². The minimum atomic E-state index is -0.804. The molecule has 3 heterocycles. The molecule has 5 rings (SSSR count). The highest BCUT2D eigenvalue weighted by molar-refractivity contribution is 5.96. The Morgan fingerprint density at radius 3 is 2.43 bits per heavy atom. The maximum absolute atomic E-state index is 14.4. The molecule has 11 nitrogen and oxygen atoms in total. The van der Waals surface area contributed by atoms with E-state index in [2.05, 4.69) is 10.4 Å². The van der Waals surface area contributed by atoms with Crippen LogP contribution < -0.4 is 10.2 Å². The molecule has 0 spiro atoms. The Morgan fingerprint density at radius 1 is 1.09 bits per heavy atom. The molecule has 1 saturated carbocycles.